The first-order valence-corrected chi connectivity index (χ1v) is 8.87. The van der Waals surface area contributed by atoms with E-state index in [1.807, 2.05) is 0 Å². The molecule has 5 heteroatoms. The molecule has 4 atom stereocenters. The molecule has 1 aromatic rings. The van der Waals surface area contributed by atoms with Gasteiger partial charge in [0.25, 0.3) is 0 Å². The van der Waals surface area contributed by atoms with Gasteiger partial charge in [0, 0.05) is 11.5 Å². The Kier molecular flexibility index (Phi) is 3.14. The molecule has 134 valence electrons. The summed E-state index contributed by atoms with van der Waals surface area (Å²) in [6.45, 7) is 7.89. The zero-order valence-electron chi connectivity index (χ0n) is 15.0. The molecule has 0 saturated heterocycles. The number of benzene rings is 1. The lowest BCUT2D eigenvalue weighted by atomic mass is 9.71. The molecule has 2 N–H and O–H groups in total. The van der Waals surface area contributed by atoms with E-state index in [1.54, 1.807) is 0 Å². The Morgan fingerprint density at radius 2 is 1.88 bits per heavy atom. The molecular formula is C20H24O5. The monoisotopic (exact) mass is 344 g/mol. The highest BCUT2D eigenvalue weighted by molar-refractivity contribution is 6.04. The molecule has 3 aliphatic rings. The summed E-state index contributed by atoms with van der Waals surface area (Å²) < 4.78 is 6.27. The molecule has 0 radical (unpaired) electrons. The van der Waals surface area contributed by atoms with Crippen LogP contribution in [0.25, 0.3) is 0 Å². The van der Waals surface area contributed by atoms with Crippen LogP contribution in [0.1, 0.15) is 66.8 Å². The van der Waals surface area contributed by atoms with Crippen molar-refractivity contribution in [2.75, 3.05) is 0 Å². The van der Waals surface area contributed by atoms with E-state index in [0.717, 1.165) is 12.8 Å². The standard InChI is InChI=1S/C20H24O5/c1-9(22)15-16(23)11-5-10-6-13-14(19(13,2)3)7-20(10,4)25-18(11)12(8-21)17(15)24/h8,10,13-14,23-24H,5-7H2,1-4H3/t10-,13-,14+,20+/m0/s1. The fourth-order valence-electron chi connectivity index (χ4n) is 5.32. The second-order valence-corrected chi connectivity index (χ2v) is 8.76. The minimum atomic E-state index is -0.485. The van der Waals surface area contributed by atoms with Crippen LogP contribution < -0.4 is 4.74 Å². The molecule has 0 amide bonds. The third kappa shape index (κ3) is 2.01. The summed E-state index contributed by atoms with van der Waals surface area (Å²) in [6, 6.07) is 0. The number of hydrogen-bond donors (Lipinski definition) is 2. The number of rotatable bonds is 2. The SMILES string of the molecule is CC(=O)c1c(O)c(C=O)c2c(c1O)C[C@H]1C[C@H]3[C@@H](C[C@@]1(C)O2)C3(C)C. The Hall–Kier alpha value is -2.04. The average molecular weight is 344 g/mol. The quantitative estimate of drug-likeness (QED) is 0.634. The van der Waals surface area contributed by atoms with Crippen LogP contribution in [0.3, 0.4) is 0 Å². The third-order valence-electron chi connectivity index (χ3n) is 7.10. The Morgan fingerprint density at radius 3 is 2.48 bits per heavy atom. The first-order valence-electron chi connectivity index (χ1n) is 8.87. The summed E-state index contributed by atoms with van der Waals surface area (Å²) in [7, 11) is 0. The van der Waals surface area contributed by atoms with E-state index in [-0.39, 0.29) is 28.5 Å². The van der Waals surface area contributed by atoms with Gasteiger partial charge in [-0.15, -0.1) is 0 Å². The molecule has 0 spiro atoms. The maximum atomic E-state index is 11.9. The van der Waals surface area contributed by atoms with E-state index in [9.17, 15) is 19.8 Å². The van der Waals surface area contributed by atoms with Crippen molar-refractivity contribution in [3.8, 4) is 17.2 Å². The second-order valence-electron chi connectivity index (χ2n) is 8.76. The van der Waals surface area contributed by atoms with Crippen molar-refractivity contribution in [2.45, 2.75) is 52.6 Å². The number of ether oxygens (including phenoxy) is 1. The Bertz CT molecular complexity index is 809. The maximum absolute atomic E-state index is 11.9. The largest absolute Gasteiger partial charge is 0.507 e. The van der Waals surface area contributed by atoms with Gasteiger partial charge in [0.05, 0.1) is 5.56 Å². The van der Waals surface area contributed by atoms with Gasteiger partial charge in [-0.25, -0.2) is 0 Å². The van der Waals surface area contributed by atoms with Crippen LogP contribution in [0.15, 0.2) is 0 Å². The topological polar surface area (TPSA) is 83.8 Å². The first kappa shape index (κ1) is 16.4. The normalized spacial score (nSPS) is 34.2. The van der Waals surface area contributed by atoms with Crippen molar-refractivity contribution in [3.63, 3.8) is 0 Å². The predicted molar refractivity (Wildman–Crippen MR) is 91.4 cm³/mol. The Labute approximate surface area is 147 Å². The molecule has 5 nitrogen and oxygen atoms in total. The molecule has 2 fully saturated rings. The summed E-state index contributed by atoms with van der Waals surface area (Å²) in [6.07, 6.45) is 2.98. The summed E-state index contributed by atoms with van der Waals surface area (Å²) >= 11 is 0. The van der Waals surface area contributed by atoms with Gasteiger partial charge in [0.2, 0.25) is 0 Å². The van der Waals surface area contributed by atoms with Crippen LogP contribution in [0.5, 0.6) is 17.2 Å². The van der Waals surface area contributed by atoms with Gasteiger partial charge in [-0.2, -0.15) is 0 Å². The molecule has 2 aliphatic carbocycles. The fourth-order valence-corrected chi connectivity index (χ4v) is 5.32. The van der Waals surface area contributed by atoms with E-state index in [1.165, 1.54) is 6.92 Å². The van der Waals surface area contributed by atoms with Gasteiger partial charge >= 0.3 is 0 Å². The van der Waals surface area contributed by atoms with Crippen molar-refractivity contribution < 1.29 is 24.5 Å². The molecule has 0 bridgehead atoms. The van der Waals surface area contributed by atoms with Gasteiger partial charge in [0.1, 0.15) is 28.4 Å². The third-order valence-corrected chi connectivity index (χ3v) is 7.10. The number of phenols is 2. The summed E-state index contributed by atoms with van der Waals surface area (Å²) in [5, 5.41) is 20.9. The van der Waals surface area contributed by atoms with E-state index in [2.05, 4.69) is 20.8 Å². The highest BCUT2D eigenvalue weighted by atomic mass is 16.5. The minimum absolute atomic E-state index is 0.0325. The minimum Gasteiger partial charge on any atom is -0.507 e. The van der Waals surface area contributed by atoms with Crippen LogP contribution in [-0.4, -0.2) is 27.9 Å². The first-order chi connectivity index (χ1) is 11.6. The highest BCUT2D eigenvalue weighted by Crippen LogP contribution is 2.69. The van der Waals surface area contributed by atoms with E-state index in [4.69, 9.17) is 4.74 Å². The Morgan fingerprint density at radius 1 is 1.20 bits per heavy atom. The Balaban J connectivity index is 1.85. The number of carbonyl (C=O) groups excluding carboxylic acids is 2. The molecule has 2 saturated carbocycles. The molecular weight excluding hydrogens is 320 g/mol. The van der Waals surface area contributed by atoms with Crippen molar-refractivity contribution in [3.05, 3.63) is 16.7 Å². The number of fused-ring (bicyclic) bond motifs is 3. The van der Waals surface area contributed by atoms with Crippen LogP contribution in [0, 0.1) is 23.2 Å². The smallest absolute Gasteiger partial charge is 0.167 e. The lowest BCUT2D eigenvalue weighted by Gasteiger charge is -2.46. The van der Waals surface area contributed by atoms with Crippen molar-refractivity contribution in [1.29, 1.82) is 0 Å². The lowest BCUT2D eigenvalue weighted by Crippen LogP contribution is -2.48. The number of carbonyl (C=O) groups is 2. The molecule has 1 aliphatic heterocycles. The molecule has 0 unspecified atom stereocenters. The van der Waals surface area contributed by atoms with Crippen LogP contribution in [-0.2, 0) is 6.42 Å². The zero-order valence-corrected chi connectivity index (χ0v) is 15.0. The number of aldehydes is 1. The highest BCUT2D eigenvalue weighted by Gasteiger charge is 2.65. The molecule has 25 heavy (non-hydrogen) atoms. The van der Waals surface area contributed by atoms with Gasteiger partial charge in [-0.1, -0.05) is 13.8 Å². The van der Waals surface area contributed by atoms with Gasteiger partial charge in [-0.05, 0) is 50.4 Å². The summed E-state index contributed by atoms with van der Waals surface area (Å²) in [5.74, 6) is 0.525. The van der Waals surface area contributed by atoms with E-state index < -0.39 is 17.1 Å². The number of aromatic hydroxyl groups is 2. The van der Waals surface area contributed by atoms with Gasteiger partial charge < -0.3 is 14.9 Å². The predicted octanol–water partition coefficient (Wildman–Crippen LogP) is 3.49. The number of Topliss-reactive ketones (excluding diaryl/α,β-unsaturated/α-hetero) is 1. The van der Waals surface area contributed by atoms with Crippen molar-refractivity contribution >= 4 is 12.1 Å². The van der Waals surface area contributed by atoms with E-state index in [0.29, 0.717) is 35.5 Å². The fraction of sp³-hybridized carbons (Fsp3) is 0.600. The summed E-state index contributed by atoms with van der Waals surface area (Å²) in [5.41, 5.74) is 0.141. The van der Waals surface area contributed by atoms with E-state index >= 15 is 0 Å². The van der Waals surface area contributed by atoms with Crippen molar-refractivity contribution in [2.24, 2.45) is 23.2 Å². The maximum Gasteiger partial charge on any atom is 0.167 e. The zero-order chi connectivity index (χ0) is 18.3. The number of hydrogen-bond acceptors (Lipinski definition) is 5. The van der Waals surface area contributed by atoms with Crippen molar-refractivity contribution in [1.82, 2.24) is 0 Å². The lowest BCUT2D eigenvalue weighted by molar-refractivity contribution is -0.0264. The average Bonchev–Trinajstić information content (AvgIpc) is 3.02. The number of phenolic OH excluding ortho intramolecular Hbond substituents is 2. The second kappa shape index (κ2) is 4.77. The van der Waals surface area contributed by atoms with Gasteiger partial charge in [0.15, 0.2) is 12.1 Å². The number of ketones is 1. The molecule has 0 aromatic heterocycles. The van der Waals surface area contributed by atoms with Crippen LogP contribution >= 0.6 is 0 Å². The van der Waals surface area contributed by atoms with Crippen LogP contribution in [0.2, 0.25) is 0 Å². The molecule has 4 rings (SSSR count). The van der Waals surface area contributed by atoms with Crippen LogP contribution in [0.4, 0.5) is 0 Å². The molecule has 1 heterocycles. The summed E-state index contributed by atoms with van der Waals surface area (Å²) in [4.78, 5) is 23.4. The van der Waals surface area contributed by atoms with Gasteiger partial charge in [-0.3, -0.25) is 9.59 Å². The molecule has 1 aromatic carbocycles.